The lowest BCUT2D eigenvalue weighted by molar-refractivity contribution is -0.0704. The Morgan fingerprint density at radius 3 is 2.39 bits per heavy atom. The summed E-state index contributed by atoms with van der Waals surface area (Å²) in [5, 5.41) is 6.77. The molecule has 2 N–H and O–H groups in total. The van der Waals surface area contributed by atoms with Gasteiger partial charge in [-0.2, -0.15) is 0 Å². The van der Waals surface area contributed by atoms with Gasteiger partial charge in [-0.1, -0.05) is 42.5 Å². The number of rotatable bonds is 8. The molecule has 2 aromatic carbocycles. The lowest BCUT2D eigenvalue weighted by Gasteiger charge is -2.35. The smallest absolute Gasteiger partial charge is 0.191 e. The largest absolute Gasteiger partial charge is 0.496 e. The van der Waals surface area contributed by atoms with Gasteiger partial charge in [0, 0.05) is 39.8 Å². The van der Waals surface area contributed by atoms with Crippen molar-refractivity contribution in [2.24, 2.45) is 4.99 Å². The van der Waals surface area contributed by atoms with Crippen LogP contribution in [0.4, 0.5) is 0 Å². The Bertz CT molecular complexity index is 828. The molecule has 1 heterocycles. The fourth-order valence-electron chi connectivity index (χ4n) is 4.07. The number of benzene rings is 2. The molecule has 0 aromatic heterocycles. The highest BCUT2D eigenvalue weighted by molar-refractivity contribution is 5.79. The molecule has 1 aliphatic heterocycles. The summed E-state index contributed by atoms with van der Waals surface area (Å²) in [6.45, 7) is 8.77. The average Bonchev–Trinajstić information content (AvgIpc) is 2.76. The van der Waals surface area contributed by atoms with Crippen molar-refractivity contribution >= 4 is 5.96 Å². The van der Waals surface area contributed by atoms with Gasteiger partial charge in [0.15, 0.2) is 5.96 Å². The van der Waals surface area contributed by atoms with Gasteiger partial charge in [0.05, 0.1) is 19.3 Å². The van der Waals surface area contributed by atoms with Crippen LogP contribution < -0.4 is 15.4 Å². The minimum Gasteiger partial charge on any atom is -0.496 e. The molecule has 2 atom stereocenters. The highest BCUT2D eigenvalue weighted by atomic mass is 16.5. The molecule has 0 radical (unpaired) electrons. The number of para-hydroxylation sites is 1. The van der Waals surface area contributed by atoms with Crippen molar-refractivity contribution in [3.63, 3.8) is 0 Å². The van der Waals surface area contributed by atoms with Crippen molar-refractivity contribution in [2.45, 2.75) is 45.6 Å². The van der Waals surface area contributed by atoms with Gasteiger partial charge in [0.2, 0.25) is 0 Å². The predicted octanol–water partition coefficient (Wildman–Crippen LogP) is 3.21. The summed E-state index contributed by atoms with van der Waals surface area (Å²) in [6.07, 6.45) is 1.47. The first kappa shape index (κ1) is 23.1. The van der Waals surface area contributed by atoms with E-state index in [0.717, 1.165) is 50.9 Å². The molecule has 0 amide bonds. The van der Waals surface area contributed by atoms with Crippen molar-refractivity contribution < 1.29 is 9.47 Å². The summed E-state index contributed by atoms with van der Waals surface area (Å²) in [5.74, 6) is 1.73. The Kier molecular flexibility index (Phi) is 8.74. The van der Waals surface area contributed by atoms with E-state index in [2.05, 4.69) is 64.7 Å². The SMILES string of the molecule is CN=C(NCCc1ccccc1OC)NCc1ccc(CN2CC(C)OC(C)C2)cc1. The second-order valence-electron chi connectivity index (χ2n) is 8.18. The monoisotopic (exact) mass is 424 g/mol. The van der Waals surface area contributed by atoms with Crippen LogP contribution in [0.3, 0.4) is 0 Å². The summed E-state index contributed by atoms with van der Waals surface area (Å²) >= 11 is 0. The predicted molar refractivity (Wildman–Crippen MR) is 127 cm³/mol. The summed E-state index contributed by atoms with van der Waals surface area (Å²) in [6, 6.07) is 16.9. The molecule has 31 heavy (non-hydrogen) atoms. The average molecular weight is 425 g/mol. The van der Waals surface area contributed by atoms with Crippen molar-refractivity contribution in [1.29, 1.82) is 0 Å². The van der Waals surface area contributed by atoms with Crippen LogP contribution in [0.2, 0.25) is 0 Å². The summed E-state index contributed by atoms with van der Waals surface area (Å²) in [7, 11) is 3.51. The van der Waals surface area contributed by atoms with Crippen LogP contribution in [0, 0.1) is 0 Å². The molecule has 3 rings (SSSR count). The maximum Gasteiger partial charge on any atom is 0.191 e. The highest BCUT2D eigenvalue weighted by Crippen LogP contribution is 2.17. The number of methoxy groups -OCH3 is 1. The maximum atomic E-state index is 5.83. The van der Waals surface area contributed by atoms with E-state index in [1.54, 1.807) is 14.2 Å². The van der Waals surface area contributed by atoms with Crippen molar-refractivity contribution in [3.8, 4) is 5.75 Å². The van der Waals surface area contributed by atoms with Crippen molar-refractivity contribution in [1.82, 2.24) is 15.5 Å². The second-order valence-corrected chi connectivity index (χ2v) is 8.18. The number of hydrogen-bond donors (Lipinski definition) is 2. The quantitative estimate of drug-likeness (QED) is 0.503. The lowest BCUT2D eigenvalue weighted by atomic mass is 10.1. The normalized spacial score (nSPS) is 19.8. The molecule has 1 aliphatic rings. The molecule has 2 aromatic rings. The number of nitrogens with one attached hydrogen (secondary N) is 2. The molecule has 168 valence electrons. The zero-order chi connectivity index (χ0) is 22.1. The van der Waals surface area contributed by atoms with Gasteiger partial charge in [0.1, 0.15) is 5.75 Å². The van der Waals surface area contributed by atoms with Gasteiger partial charge in [-0.3, -0.25) is 9.89 Å². The molecule has 6 heteroatoms. The number of hydrogen-bond acceptors (Lipinski definition) is 4. The maximum absolute atomic E-state index is 5.83. The first-order valence-corrected chi connectivity index (χ1v) is 11.1. The molecule has 0 spiro atoms. The van der Waals surface area contributed by atoms with Crippen molar-refractivity contribution in [3.05, 3.63) is 65.2 Å². The minimum atomic E-state index is 0.300. The van der Waals surface area contributed by atoms with E-state index in [4.69, 9.17) is 9.47 Å². The van der Waals surface area contributed by atoms with Crippen LogP contribution in [0.1, 0.15) is 30.5 Å². The standard InChI is InChI=1S/C25H36N4O2/c1-19-16-29(17-20(2)31-19)18-22-11-9-21(10-12-22)15-28-25(26-3)27-14-13-23-7-5-6-8-24(23)30-4/h5-12,19-20H,13-18H2,1-4H3,(H2,26,27,28). The summed E-state index contributed by atoms with van der Waals surface area (Å²) < 4.78 is 11.2. The van der Waals surface area contributed by atoms with Gasteiger partial charge < -0.3 is 20.1 Å². The second kappa shape index (κ2) is 11.7. The third kappa shape index (κ3) is 7.26. The molecule has 2 unspecified atom stereocenters. The molecule has 6 nitrogen and oxygen atoms in total. The Hall–Kier alpha value is -2.57. The molecule has 0 bridgehead atoms. The van der Waals surface area contributed by atoms with E-state index in [9.17, 15) is 0 Å². The van der Waals surface area contributed by atoms with E-state index in [1.807, 2.05) is 18.2 Å². The Morgan fingerprint density at radius 1 is 1.03 bits per heavy atom. The fourth-order valence-corrected chi connectivity index (χ4v) is 4.07. The van der Waals surface area contributed by atoms with Crippen LogP contribution in [0.15, 0.2) is 53.5 Å². The van der Waals surface area contributed by atoms with Crippen LogP contribution in [-0.4, -0.2) is 56.9 Å². The first-order chi connectivity index (χ1) is 15.1. The van der Waals surface area contributed by atoms with E-state index >= 15 is 0 Å². The van der Waals surface area contributed by atoms with E-state index in [0.29, 0.717) is 12.2 Å². The highest BCUT2D eigenvalue weighted by Gasteiger charge is 2.21. The van der Waals surface area contributed by atoms with Crippen LogP contribution in [-0.2, 0) is 24.2 Å². The van der Waals surface area contributed by atoms with E-state index in [1.165, 1.54) is 16.7 Å². The zero-order valence-corrected chi connectivity index (χ0v) is 19.2. The molecular weight excluding hydrogens is 388 g/mol. The number of aliphatic imine (C=N–C) groups is 1. The van der Waals surface area contributed by atoms with Gasteiger partial charge >= 0.3 is 0 Å². The topological polar surface area (TPSA) is 58.1 Å². The van der Waals surface area contributed by atoms with Crippen LogP contribution >= 0.6 is 0 Å². The number of guanidine groups is 1. The summed E-state index contributed by atoms with van der Waals surface area (Å²) in [5.41, 5.74) is 3.76. The Labute approximate surface area is 186 Å². The molecule has 0 saturated carbocycles. The number of nitrogens with zero attached hydrogens (tertiary/aromatic N) is 2. The number of morpholine rings is 1. The zero-order valence-electron chi connectivity index (χ0n) is 19.2. The van der Waals surface area contributed by atoms with E-state index < -0.39 is 0 Å². The molecular formula is C25H36N4O2. The van der Waals surface area contributed by atoms with Gasteiger partial charge in [-0.15, -0.1) is 0 Å². The summed E-state index contributed by atoms with van der Waals surface area (Å²) in [4.78, 5) is 6.80. The Morgan fingerprint density at radius 2 is 1.71 bits per heavy atom. The van der Waals surface area contributed by atoms with Gasteiger partial charge in [-0.25, -0.2) is 0 Å². The molecule has 1 saturated heterocycles. The van der Waals surface area contributed by atoms with Gasteiger partial charge in [-0.05, 0) is 43.0 Å². The minimum absolute atomic E-state index is 0.300. The molecule has 1 fully saturated rings. The first-order valence-electron chi connectivity index (χ1n) is 11.1. The van der Waals surface area contributed by atoms with E-state index in [-0.39, 0.29) is 0 Å². The van der Waals surface area contributed by atoms with Crippen LogP contribution in [0.25, 0.3) is 0 Å². The lowest BCUT2D eigenvalue weighted by Crippen LogP contribution is -2.44. The fraction of sp³-hybridized carbons (Fsp3) is 0.480. The van der Waals surface area contributed by atoms with Crippen molar-refractivity contribution in [2.75, 3.05) is 33.8 Å². The number of ether oxygens (including phenoxy) is 2. The molecule has 0 aliphatic carbocycles. The third-order valence-electron chi connectivity index (χ3n) is 5.49. The van der Waals surface area contributed by atoms with Crippen LogP contribution in [0.5, 0.6) is 5.75 Å². The third-order valence-corrected chi connectivity index (χ3v) is 5.49. The van der Waals surface area contributed by atoms with Gasteiger partial charge in [0.25, 0.3) is 0 Å². The Balaban J connectivity index is 1.43.